The van der Waals surface area contributed by atoms with Crippen molar-refractivity contribution >= 4 is 40.6 Å². The summed E-state index contributed by atoms with van der Waals surface area (Å²) in [6, 6.07) is 5.03. The highest BCUT2D eigenvalue weighted by molar-refractivity contribution is 6.38. The summed E-state index contributed by atoms with van der Waals surface area (Å²) in [5.74, 6) is -0.627. The fourth-order valence-electron chi connectivity index (χ4n) is 3.05. The predicted molar refractivity (Wildman–Crippen MR) is 103 cm³/mol. The molecule has 1 fully saturated rings. The Balaban J connectivity index is 1.64. The molecule has 140 valence electrons. The van der Waals surface area contributed by atoms with E-state index >= 15 is 0 Å². The molecule has 0 saturated carbocycles. The van der Waals surface area contributed by atoms with E-state index in [9.17, 15) is 9.18 Å². The Morgan fingerprint density at radius 2 is 2.07 bits per heavy atom. The van der Waals surface area contributed by atoms with Crippen LogP contribution in [0.25, 0.3) is 0 Å². The van der Waals surface area contributed by atoms with Gasteiger partial charge in [0.05, 0.1) is 21.3 Å². The number of pyridine rings is 1. The number of nitrogens with zero attached hydrogens (tertiary/aromatic N) is 3. The Labute approximate surface area is 165 Å². The van der Waals surface area contributed by atoms with Crippen LogP contribution in [0.4, 0.5) is 20.6 Å². The molecule has 2 N–H and O–H groups in total. The van der Waals surface area contributed by atoms with Crippen LogP contribution in [0.1, 0.15) is 18.4 Å². The van der Waals surface area contributed by atoms with E-state index in [1.165, 1.54) is 24.5 Å². The molecule has 3 rings (SSSR count). The van der Waals surface area contributed by atoms with E-state index in [4.69, 9.17) is 28.5 Å². The van der Waals surface area contributed by atoms with Gasteiger partial charge >= 0.3 is 6.03 Å². The minimum Gasteiger partial charge on any atom is -0.367 e. The molecule has 2 heterocycles. The van der Waals surface area contributed by atoms with Gasteiger partial charge in [0.15, 0.2) is 0 Å². The number of urea groups is 1. The van der Waals surface area contributed by atoms with E-state index in [0.29, 0.717) is 28.0 Å². The van der Waals surface area contributed by atoms with Crippen LogP contribution in [-0.4, -0.2) is 30.1 Å². The van der Waals surface area contributed by atoms with Crippen molar-refractivity contribution < 1.29 is 9.18 Å². The van der Waals surface area contributed by atoms with Gasteiger partial charge in [-0.05, 0) is 31.0 Å². The zero-order valence-electron chi connectivity index (χ0n) is 14.2. The Kier molecular flexibility index (Phi) is 5.99. The molecule has 1 atom stereocenters. The molecule has 1 aliphatic heterocycles. The maximum Gasteiger partial charge on any atom is 0.319 e. The SMILES string of the molecule is N#Cc1cc(NC(=O)NC2CCCN(c3c(Cl)cncc3Cl)C2)ccc1F. The Morgan fingerprint density at radius 1 is 1.33 bits per heavy atom. The van der Waals surface area contributed by atoms with Gasteiger partial charge in [0, 0.05) is 37.2 Å². The molecule has 6 nitrogen and oxygen atoms in total. The lowest BCUT2D eigenvalue weighted by Gasteiger charge is -2.35. The molecule has 1 unspecified atom stereocenters. The Bertz CT molecular complexity index is 882. The first-order chi connectivity index (χ1) is 13.0. The minimum absolute atomic E-state index is 0.116. The maximum absolute atomic E-state index is 13.4. The highest BCUT2D eigenvalue weighted by Gasteiger charge is 2.24. The van der Waals surface area contributed by atoms with Crippen LogP contribution in [0.5, 0.6) is 0 Å². The number of aromatic nitrogens is 1. The van der Waals surface area contributed by atoms with Crippen LogP contribution in [0, 0.1) is 17.1 Å². The van der Waals surface area contributed by atoms with Crippen molar-refractivity contribution in [1.29, 1.82) is 5.26 Å². The van der Waals surface area contributed by atoms with Gasteiger partial charge in [-0.3, -0.25) is 4.98 Å². The molecule has 1 saturated heterocycles. The molecule has 2 amide bonds. The molecular weight excluding hydrogens is 392 g/mol. The van der Waals surface area contributed by atoms with Gasteiger partial charge in [0.25, 0.3) is 0 Å². The summed E-state index contributed by atoms with van der Waals surface area (Å²) >= 11 is 12.4. The fourth-order valence-corrected chi connectivity index (χ4v) is 3.65. The molecule has 0 aliphatic carbocycles. The lowest BCUT2D eigenvalue weighted by atomic mass is 10.1. The summed E-state index contributed by atoms with van der Waals surface area (Å²) in [6.07, 6.45) is 4.73. The predicted octanol–water partition coefficient (Wildman–Crippen LogP) is 4.19. The second kappa shape index (κ2) is 8.42. The number of rotatable bonds is 3. The van der Waals surface area contributed by atoms with E-state index in [-0.39, 0.29) is 11.6 Å². The molecule has 0 spiro atoms. The van der Waals surface area contributed by atoms with E-state index in [2.05, 4.69) is 15.6 Å². The first kappa shape index (κ1) is 19.2. The van der Waals surface area contributed by atoms with Crippen LogP contribution in [0.3, 0.4) is 0 Å². The molecule has 1 aromatic heterocycles. The van der Waals surface area contributed by atoms with Crippen LogP contribution in [0.15, 0.2) is 30.6 Å². The van der Waals surface area contributed by atoms with E-state index in [0.717, 1.165) is 25.5 Å². The number of benzene rings is 1. The summed E-state index contributed by atoms with van der Waals surface area (Å²) in [7, 11) is 0. The van der Waals surface area contributed by atoms with Gasteiger partial charge in [-0.25, -0.2) is 9.18 Å². The number of nitriles is 1. The molecule has 1 aliphatic rings. The molecule has 1 aromatic carbocycles. The summed E-state index contributed by atoms with van der Waals surface area (Å²) < 4.78 is 13.4. The monoisotopic (exact) mass is 407 g/mol. The first-order valence-corrected chi connectivity index (χ1v) is 9.04. The number of piperidine rings is 1. The van der Waals surface area contributed by atoms with Gasteiger partial charge in [0.2, 0.25) is 0 Å². The molecular formula is C18H16Cl2FN5O. The zero-order valence-corrected chi connectivity index (χ0v) is 15.7. The van der Waals surface area contributed by atoms with Gasteiger partial charge in [-0.1, -0.05) is 23.2 Å². The normalized spacial score (nSPS) is 16.5. The maximum atomic E-state index is 13.4. The van der Waals surface area contributed by atoms with Crippen molar-refractivity contribution in [2.75, 3.05) is 23.3 Å². The second-order valence-corrected chi connectivity index (χ2v) is 6.96. The van der Waals surface area contributed by atoms with Crippen LogP contribution < -0.4 is 15.5 Å². The van der Waals surface area contributed by atoms with Crippen molar-refractivity contribution in [1.82, 2.24) is 10.3 Å². The summed E-state index contributed by atoms with van der Waals surface area (Å²) in [4.78, 5) is 18.2. The lowest BCUT2D eigenvalue weighted by Crippen LogP contribution is -2.49. The van der Waals surface area contributed by atoms with Gasteiger partial charge in [0.1, 0.15) is 11.9 Å². The quantitative estimate of drug-likeness (QED) is 0.798. The van der Waals surface area contributed by atoms with Crippen LogP contribution in [0.2, 0.25) is 10.0 Å². The number of anilines is 2. The van der Waals surface area contributed by atoms with Crippen molar-refractivity contribution in [2.24, 2.45) is 0 Å². The standard InChI is InChI=1S/C18H16Cl2FN5O/c19-14-8-23-9-15(20)17(14)26-5-1-2-13(10-26)25-18(27)24-12-3-4-16(21)11(6-12)7-22/h3-4,6,8-9,13H,1-2,5,10H2,(H2,24,25,27). The highest BCUT2D eigenvalue weighted by atomic mass is 35.5. The molecule has 2 aromatic rings. The third-order valence-corrected chi connectivity index (χ3v) is 4.80. The van der Waals surface area contributed by atoms with E-state index in [1.807, 2.05) is 4.90 Å². The topological polar surface area (TPSA) is 81.0 Å². The minimum atomic E-state index is -0.627. The van der Waals surface area contributed by atoms with Gasteiger partial charge in [-0.15, -0.1) is 0 Å². The van der Waals surface area contributed by atoms with E-state index in [1.54, 1.807) is 6.07 Å². The Morgan fingerprint density at radius 3 is 2.78 bits per heavy atom. The lowest BCUT2D eigenvalue weighted by molar-refractivity contribution is 0.246. The molecule has 0 radical (unpaired) electrons. The average Bonchev–Trinajstić information content (AvgIpc) is 2.63. The molecule has 9 heteroatoms. The number of halogens is 3. The number of hydrogen-bond acceptors (Lipinski definition) is 4. The fraction of sp³-hybridized carbons (Fsp3) is 0.278. The largest absolute Gasteiger partial charge is 0.367 e. The van der Waals surface area contributed by atoms with Crippen molar-refractivity contribution in [2.45, 2.75) is 18.9 Å². The number of carbonyl (C=O) groups excluding carboxylic acids is 1. The number of carbonyl (C=O) groups is 1. The number of hydrogen-bond donors (Lipinski definition) is 2. The van der Waals surface area contributed by atoms with Crippen molar-refractivity contribution in [3.63, 3.8) is 0 Å². The summed E-state index contributed by atoms with van der Waals surface area (Å²) in [5, 5.41) is 15.3. The molecule has 27 heavy (non-hydrogen) atoms. The smallest absolute Gasteiger partial charge is 0.319 e. The van der Waals surface area contributed by atoms with Crippen molar-refractivity contribution in [3.05, 3.63) is 52.0 Å². The van der Waals surface area contributed by atoms with Crippen molar-refractivity contribution in [3.8, 4) is 6.07 Å². The third kappa shape index (κ3) is 4.59. The molecule has 0 bridgehead atoms. The highest BCUT2D eigenvalue weighted by Crippen LogP contribution is 2.34. The second-order valence-electron chi connectivity index (χ2n) is 6.14. The number of nitrogens with one attached hydrogen (secondary N) is 2. The zero-order chi connectivity index (χ0) is 19.4. The van der Waals surface area contributed by atoms with E-state index < -0.39 is 11.8 Å². The Hall–Kier alpha value is -2.56. The summed E-state index contributed by atoms with van der Waals surface area (Å²) in [6.45, 7) is 1.32. The summed E-state index contributed by atoms with van der Waals surface area (Å²) in [5.41, 5.74) is 0.925. The van der Waals surface area contributed by atoms with Crippen LogP contribution in [-0.2, 0) is 0 Å². The third-order valence-electron chi connectivity index (χ3n) is 4.25. The van der Waals surface area contributed by atoms with Crippen LogP contribution >= 0.6 is 23.2 Å². The van der Waals surface area contributed by atoms with Gasteiger partial charge < -0.3 is 15.5 Å². The number of amides is 2. The average molecular weight is 408 g/mol. The first-order valence-electron chi connectivity index (χ1n) is 8.29. The van der Waals surface area contributed by atoms with Gasteiger partial charge in [-0.2, -0.15) is 5.26 Å².